The van der Waals surface area contributed by atoms with Crippen molar-refractivity contribution in [1.82, 2.24) is 10.3 Å². The summed E-state index contributed by atoms with van der Waals surface area (Å²) in [6.45, 7) is 4.10. The summed E-state index contributed by atoms with van der Waals surface area (Å²) in [4.78, 5) is 14.3. The van der Waals surface area contributed by atoms with Crippen molar-refractivity contribution in [2.75, 3.05) is 0 Å². The number of non-ortho nitro benzene ring substituents is 1. The van der Waals surface area contributed by atoms with Gasteiger partial charge in [0.25, 0.3) is 5.69 Å². The number of aromatic nitrogens is 1. The number of hydrogen-bond acceptors (Lipinski definition) is 4. The maximum atomic E-state index is 10.6. The monoisotopic (exact) mass is 271 g/mol. The van der Waals surface area contributed by atoms with E-state index in [4.69, 9.17) is 0 Å². The van der Waals surface area contributed by atoms with Gasteiger partial charge in [0.15, 0.2) is 0 Å². The molecule has 1 heterocycles. The molecule has 0 aliphatic heterocycles. The van der Waals surface area contributed by atoms with E-state index in [2.05, 4.69) is 17.2 Å². The van der Waals surface area contributed by atoms with Crippen LogP contribution < -0.4 is 5.32 Å². The smallest absolute Gasteiger partial charge is 0.269 e. The predicted octanol–water partition coefficient (Wildman–Crippen LogP) is 3.40. The molecule has 2 rings (SSSR count). The summed E-state index contributed by atoms with van der Waals surface area (Å²) in [6.07, 6.45) is 3.58. The molecule has 1 aromatic carbocycles. The van der Waals surface area contributed by atoms with Crippen molar-refractivity contribution in [1.29, 1.82) is 0 Å². The lowest BCUT2D eigenvalue weighted by Gasteiger charge is -2.20. The molecule has 0 spiro atoms. The van der Waals surface area contributed by atoms with Crippen LogP contribution in [0.2, 0.25) is 0 Å². The van der Waals surface area contributed by atoms with Crippen LogP contribution in [0.3, 0.4) is 0 Å². The molecule has 20 heavy (non-hydrogen) atoms. The number of benzene rings is 1. The van der Waals surface area contributed by atoms with E-state index < -0.39 is 0 Å². The van der Waals surface area contributed by atoms with Crippen molar-refractivity contribution in [3.05, 3.63) is 70.0 Å². The third-order valence-corrected chi connectivity index (χ3v) is 3.29. The summed E-state index contributed by atoms with van der Waals surface area (Å²) in [5.41, 5.74) is 2.24. The molecule has 0 aliphatic carbocycles. The van der Waals surface area contributed by atoms with Crippen molar-refractivity contribution < 1.29 is 4.92 Å². The lowest BCUT2D eigenvalue weighted by Crippen LogP contribution is -2.22. The Morgan fingerprint density at radius 3 is 2.30 bits per heavy atom. The second-order valence-corrected chi connectivity index (χ2v) is 4.75. The lowest BCUT2D eigenvalue weighted by atomic mass is 10.1. The Balaban J connectivity index is 2.04. The number of nitro benzene ring substituents is 1. The highest BCUT2D eigenvalue weighted by molar-refractivity contribution is 5.34. The topological polar surface area (TPSA) is 68.1 Å². The standard InChI is InChI=1S/C15H17N3O2/c1-11(13-5-7-15(8-6-13)18(19)20)17-12(2)14-4-3-9-16-10-14/h3-12,17H,1-2H3/t11?,12-/m0/s1. The van der Waals surface area contributed by atoms with Gasteiger partial charge >= 0.3 is 0 Å². The molecular formula is C15H17N3O2. The fourth-order valence-corrected chi connectivity index (χ4v) is 2.08. The van der Waals surface area contributed by atoms with Gasteiger partial charge in [-0.15, -0.1) is 0 Å². The zero-order chi connectivity index (χ0) is 14.5. The van der Waals surface area contributed by atoms with Crippen LogP contribution in [0, 0.1) is 10.1 Å². The molecular weight excluding hydrogens is 254 g/mol. The second kappa shape index (κ2) is 6.25. The summed E-state index contributed by atoms with van der Waals surface area (Å²) in [6, 6.07) is 10.8. The van der Waals surface area contributed by atoms with Crippen LogP contribution in [0.4, 0.5) is 5.69 Å². The zero-order valence-corrected chi connectivity index (χ0v) is 11.5. The van der Waals surface area contributed by atoms with Crippen molar-refractivity contribution >= 4 is 5.69 Å². The zero-order valence-electron chi connectivity index (χ0n) is 11.5. The first kappa shape index (κ1) is 14.1. The van der Waals surface area contributed by atoms with Gasteiger partial charge in [0.05, 0.1) is 4.92 Å². The molecule has 0 fully saturated rings. The summed E-state index contributed by atoms with van der Waals surface area (Å²) in [5.74, 6) is 0. The molecule has 2 atom stereocenters. The van der Waals surface area contributed by atoms with Gasteiger partial charge in [0, 0.05) is 36.6 Å². The maximum Gasteiger partial charge on any atom is 0.269 e. The number of nitrogens with one attached hydrogen (secondary N) is 1. The Hall–Kier alpha value is -2.27. The molecule has 0 bridgehead atoms. The first-order valence-electron chi connectivity index (χ1n) is 6.48. The first-order valence-corrected chi connectivity index (χ1v) is 6.48. The van der Waals surface area contributed by atoms with Gasteiger partial charge in [-0.2, -0.15) is 0 Å². The minimum absolute atomic E-state index is 0.103. The Morgan fingerprint density at radius 2 is 1.75 bits per heavy atom. The molecule has 104 valence electrons. The Kier molecular flexibility index (Phi) is 4.42. The van der Waals surface area contributed by atoms with Crippen LogP contribution in [0.25, 0.3) is 0 Å². The Bertz CT molecular complexity index is 569. The van der Waals surface area contributed by atoms with E-state index in [1.165, 1.54) is 12.1 Å². The van der Waals surface area contributed by atoms with Crippen LogP contribution in [0.5, 0.6) is 0 Å². The second-order valence-electron chi connectivity index (χ2n) is 4.75. The van der Waals surface area contributed by atoms with Gasteiger partial charge in [-0.25, -0.2) is 0 Å². The fourth-order valence-electron chi connectivity index (χ4n) is 2.08. The SMILES string of the molecule is CC(N[C@@H](C)c1cccnc1)c1ccc([N+](=O)[O-])cc1. The lowest BCUT2D eigenvalue weighted by molar-refractivity contribution is -0.384. The largest absolute Gasteiger partial charge is 0.304 e. The van der Waals surface area contributed by atoms with Crippen molar-refractivity contribution in [2.24, 2.45) is 0 Å². The molecule has 1 N–H and O–H groups in total. The molecule has 1 aromatic heterocycles. The molecule has 0 saturated heterocycles. The van der Waals surface area contributed by atoms with Gasteiger partial charge in [0.2, 0.25) is 0 Å². The van der Waals surface area contributed by atoms with Crippen LogP contribution in [-0.2, 0) is 0 Å². The molecule has 5 heteroatoms. The van der Waals surface area contributed by atoms with E-state index >= 15 is 0 Å². The molecule has 5 nitrogen and oxygen atoms in total. The molecule has 0 radical (unpaired) electrons. The summed E-state index contributed by atoms with van der Waals surface area (Å²) >= 11 is 0. The Labute approximate surface area is 117 Å². The van der Waals surface area contributed by atoms with Crippen molar-refractivity contribution in [3.8, 4) is 0 Å². The third-order valence-electron chi connectivity index (χ3n) is 3.29. The van der Waals surface area contributed by atoms with Gasteiger partial charge in [-0.1, -0.05) is 18.2 Å². The maximum absolute atomic E-state index is 10.6. The Morgan fingerprint density at radius 1 is 1.10 bits per heavy atom. The average Bonchev–Trinajstić information content (AvgIpc) is 2.48. The van der Waals surface area contributed by atoms with E-state index in [9.17, 15) is 10.1 Å². The van der Waals surface area contributed by atoms with E-state index in [0.29, 0.717) is 0 Å². The number of rotatable bonds is 5. The fraction of sp³-hybridized carbons (Fsp3) is 0.267. The van der Waals surface area contributed by atoms with Crippen molar-refractivity contribution in [3.63, 3.8) is 0 Å². The van der Waals surface area contributed by atoms with E-state index in [0.717, 1.165) is 11.1 Å². The van der Waals surface area contributed by atoms with E-state index in [1.54, 1.807) is 18.3 Å². The molecule has 0 saturated carbocycles. The number of pyridine rings is 1. The highest BCUT2D eigenvalue weighted by atomic mass is 16.6. The normalized spacial score (nSPS) is 13.7. The van der Waals surface area contributed by atoms with E-state index in [-0.39, 0.29) is 22.7 Å². The molecule has 0 aliphatic rings. The predicted molar refractivity (Wildman–Crippen MR) is 77.3 cm³/mol. The minimum atomic E-state index is -0.389. The van der Waals surface area contributed by atoms with Crippen LogP contribution in [0.15, 0.2) is 48.8 Å². The molecule has 1 unspecified atom stereocenters. The minimum Gasteiger partial charge on any atom is -0.304 e. The highest BCUT2D eigenvalue weighted by Crippen LogP contribution is 2.21. The van der Waals surface area contributed by atoms with Gasteiger partial charge in [-0.3, -0.25) is 15.1 Å². The highest BCUT2D eigenvalue weighted by Gasteiger charge is 2.12. The quantitative estimate of drug-likeness (QED) is 0.668. The van der Waals surface area contributed by atoms with Gasteiger partial charge in [0.1, 0.15) is 0 Å². The van der Waals surface area contributed by atoms with Gasteiger partial charge < -0.3 is 5.32 Å². The number of nitro groups is 1. The summed E-state index contributed by atoms with van der Waals surface area (Å²) < 4.78 is 0. The van der Waals surface area contributed by atoms with Gasteiger partial charge in [-0.05, 0) is 31.0 Å². The van der Waals surface area contributed by atoms with Crippen LogP contribution in [-0.4, -0.2) is 9.91 Å². The number of nitrogens with zero attached hydrogens (tertiary/aromatic N) is 2. The third kappa shape index (κ3) is 3.39. The van der Waals surface area contributed by atoms with Crippen molar-refractivity contribution in [2.45, 2.75) is 25.9 Å². The summed E-state index contributed by atoms with van der Waals surface area (Å²) in [5, 5.41) is 14.1. The molecule has 2 aromatic rings. The van der Waals surface area contributed by atoms with E-state index in [1.807, 2.05) is 25.3 Å². The first-order chi connectivity index (χ1) is 9.58. The summed E-state index contributed by atoms with van der Waals surface area (Å²) in [7, 11) is 0. The van der Waals surface area contributed by atoms with Crippen LogP contribution >= 0.6 is 0 Å². The van der Waals surface area contributed by atoms with Crippen LogP contribution in [0.1, 0.15) is 37.1 Å². The number of hydrogen-bond donors (Lipinski definition) is 1. The molecule has 0 amide bonds. The average molecular weight is 271 g/mol.